The lowest BCUT2D eigenvalue weighted by Gasteiger charge is -2.02. The van der Waals surface area contributed by atoms with Crippen LogP contribution in [-0.2, 0) is 0 Å². The molecule has 0 saturated carbocycles. The van der Waals surface area contributed by atoms with Crippen molar-refractivity contribution < 1.29 is 9.90 Å². The van der Waals surface area contributed by atoms with Crippen LogP contribution in [0.3, 0.4) is 0 Å². The second-order valence-electron chi connectivity index (χ2n) is 3.14. The molecule has 0 fully saturated rings. The van der Waals surface area contributed by atoms with E-state index in [-0.39, 0.29) is 12.5 Å². The Morgan fingerprint density at radius 2 is 2.20 bits per heavy atom. The largest absolute Gasteiger partial charge is 0.396 e. The Morgan fingerprint density at radius 3 is 2.80 bits per heavy atom. The summed E-state index contributed by atoms with van der Waals surface area (Å²) in [6, 6.07) is 3.67. The van der Waals surface area contributed by atoms with E-state index in [1.165, 1.54) is 11.3 Å². The van der Waals surface area contributed by atoms with Gasteiger partial charge in [-0.1, -0.05) is 0 Å². The SMILES string of the molecule is O=C(NCCCCCO)c1ccc(Br)s1. The summed E-state index contributed by atoms with van der Waals surface area (Å²) in [4.78, 5) is 12.2. The van der Waals surface area contributed by atoms with Crippen molar-refractivity contribution in [1.29, 1.82) is 0 Å². The first kappa shape index (κ1) is 12.7. The number of carbonyl (C=O) groups excluding carboxylic acids is 1. The molecule has 0 aromatic carbocycles. The molecule has 1 amide bonds. The van der Waals surface area contributed by atoms with Crippen molar-refractivity contribution in [3.05, 3.63) is 20.8 Å². The first-order valence-electron chi connectivity index (χ1n) is 4.88. The Morgan fingerprint density at radius 1 is 1.40 bits per heavy atom. The molecule has 0 saturated heterocycles. The Bertz CT molecular complexity index is 314. The second kappa shape index (κ2) is 6.98. The number of aliphatic hydroxyl groups excluding tert-OH is 1. The summed E-state index contributed by atoms with van der Waals surface area (Å²) in [5, 5.41) is 11.4. The highest BCUT2D eigenvalue weighted by molar-refractivity contribution is 9.11. The molecule has 0 aliphatic heterocycles. The van der Waals surface area contributed by atoms with Gasteiger partial charge in [-0.3, -0.25) is 4.79 Å². The van der Waals surface area contributed by atoms with Crippen LogP contribution in [0, 0.1) is 0 Å². The molecule has 1 heterocycles. The highest BCUT2D eigenvalue weighted by Gasteiger charge is 2.06. The molecule has 1 aromatic rings. The van der Waals surface area contributed by atoms with Gasteiger partial charge in [-0.2, -0.15) is 0 Å². The van der Waals surface area contributed by atoms with Gasteiger partial charge in [-0.05, 0) is 47.3 Å². The number of carbonyl (C=O) groups is 1. The molecular formula is C10H14BrNO2S. The van der Waals surface area contributed by atoms with E-state index in [0.717, 1.165) is 27.9 Å². The Labute approximate surface area is 102 Å². The summed E-state index contributed by atoms with van der Waals surface area (Å²) >= 11 is 4.74. The van der Waals surface area contributed by atoms with Crippen molar-refractivity contribution in [2.75, 3.05) is 13.2 Å². The van der Waals surface area contributed by atoms with E-state index in [9.17, 15) is 4.79 Å². The first-order chi connectivity index (χ1) is 7.24. The molecule has 0 aliphatic rings. The van der Waals surface area contributed by atoms with Crippen LogP contribution in [0.1, 0.15) is 28.9 Å². The van der Waals surface area contributed by atoms with Crippen LogP contribution in [0.4, 0.5) is 0 Å². The molecule has 5 heteroatoms. The summed E-state index contributed by atoms with van der Waals surface area (Å²) in [5.74, 6) is -0.0188. The van der Waals surface area contributed by atoms with E-state index in [1.54, 1.807) is 6.07 Å². The fraction of sp³-hybridized carbons (Fsp3) is 0.500. The quantitative estimate of drug-likeness (QED) is 0.791. The van der Waals surface area contributed by atoms with Gasteiger partial charge < -0.3 is 10.4 Å². The van der Waals surface area contributed by atoms with E-state index in [0.29, 0.717) is 6.54 Å². The van der Waals surface area contributed by atoms with Gasteiger partial charge in [0.25, 0.3) is 5.91 Å². The topological polar surface area (TPSA) is 49.3 Å². The maximum atomic E-state index is 11.5. The smallest absolute Gasteiger partial charge is 0.261 e. The van der Waals surface area contributed by atoms with Crippen molar-refractivity contribution in [3.8, 4) is 0 Å². The molecule has 0 unspecified atom stereocenters. The second-order valence-corrected chi connectivity index (χ2v) is 5.61. The third kappa shape index (κ3) is 4.77. The molecule has 0 spiro atoms. The van der Waals surface area contributed by atoms with Crippen LogP contribution < -0.4 is 5.32 Å². The fourth-order valence-corrected chi connectivity index (χ4v) is 2.44. The third-order valence-corrected chi connectivity index (χ3v) is 3.54. The number of hydrogen-bond acceptors (Lipinski definition) is 3. The van der Waals surface area contributed by atoms with Crippen molar-refractivity contribution in [2.24, 2.45) is 0 Å². The lowest BCUT2D eigenvalue weighted by molar-refractivity contribution is 0.0957. The normalized spacial score (nSPS) is 10.3. The minimum atomic E-state index is -0.0188. The molecule has 0 radical (unpaired) electrons. The standard InChI is InChI=1S/C10H14BrNO2S/c11-9-5-4-8(15-9)10(14)12-6-2-1-3-7-13/h4-5,13H,1-3,6-7H2,(H,12,14). The predicted molar refractivity (Wildman–Crippen MR) is 65.3 cm³/mol. The lowest BCUT2D eigenvalue weighted by Crippen LogP contribution is -2.23. The molecule has 0 bridgehead atoms. The van der Waals surface area contributed by atoms with Gasteiger partial charge in [0.1, 0.15) is 0 Å². The highest BCUT2D eigenvalue weighted by atomic mass is 79.9. The van der Waals surface area contributed by atoms with Crippen LogP contribution in [0.5, 0.6) is 0 Å². The average Bonchev–Trinajstić information content (AvgIpc) is 2.64. The third-order valence-electron chi connectivity index (χ3n) is 1.92. The molecule has 1 rings (SSSR count). The highest BCUT2D eigenvalue weighted by Crippen LogP contribution is 2.21. The molecule has 1 aromatic heterocycles. The van der Waals surface area contributed by atoms with Gasteiger partial charge in [-0.25, -0.2) is 0 Å². The molecule has 15 heavy (non-hydrogen) atoms. The van der Waals surface area contributed by atoms with E-state index in [1.807, 2.05) is 6.07 Å². The van der Waals surface area contributed by atoms with Crippen molar-refractivity contribution >= 4 is 33.2 Å². The number of hydrogen-bond donors (Lipinski definition) is 2. The number of thiophene rings is 1. The predicted octanol–water partition coefficient (Wildman–Crippen LogP) is 2.40. The Hall–Kier alpha value is -0.390. The van der Waals surface area contributed by atoms with Crippen LogP contribution in [0.2, 0.25) is 0 Å². The van der Waals surface area contributed by atoms with Crippen LogP contribution in [0.25, 0.3) is 0 Å². The Balaban J connectivity index is 2.19. The maximum Gasteiger partial charge on any atom is 0.261 e. The first-order valence-corrected chi connectivity index (χ1v) is 6.49. The summed E-state index contributed by atoms with van der Waals surface area (Å²) in [6.07, 6.45) is 2.67. The van der Waals surface area contributed by atoms with Gasteiger partial charge in [0.2, 0.25) is 0 Å². The number of aliphatic hydroxyl groups is 1. The van der Waals surface area contributed by atoms with E-state index in [2.05, 4.69) is 21.2 Å². The zero-order chi connectivity index (χ0) is 11.1. The number of halogens is 1. The van der Waals surface area contributed by atoms with Gasteiger partial charge in [0.05, 0.1) is 8.66 Å². The minimum absolute atomic E-state index is 0.0188. The molecule has 0 aliphatic carbocycles. The van der Waals surface area contributed by atoms with Gasteiger partial charge in [0.15, 0.2) is 0 Å². The fourth-order valence-electron chi connectivity index (χ4n) is 1.14. The zero-order valence-corrected chi connectivity index (χ0v) is 10.7. The maximum absolute atomic E-state index is 11.5. The number of rotatable bonds is 6. The van der Waals surface area contributed by atoms with Crippen molar-refractivity contribution in [3.63, 3.8) is 0 Å². The van der Waals surface area contributed by atoms with Gasteiger partial charge >= 0.3 is 0 Å². The number of unbranched alkanes of at least 4 members (excludes halogenated alkanes) is 2. The number of amides is 1. The molecular weight excluding hydrogens is 278 g/mol. The Kier molecular flexibility index (Phi) is 5.90. The van der Waals surface area contributed by atoms with Crippen LogP contribution in [-0.4, -0.2) is 24.2 Å². The molecule has 2 N–H and O–H groups in total. The summed E-state index contributed by atoms with van der Waals surface area (Å²) in [6.45, 7) is 0.903. The molecule has 3 nitrogen and oxygen atoms in total. The van der Waals surface area contributed by atoms with Crippen molar-refractivity contribution in [1.82, 2.24) is 5.32 Å². The van der Waals surface area contributed by atoms with Gasteiger partial charge in [-0.15, -0.1) is 11.3 Å². The van der Waals surface area contributed by atoms with Crippen LogP contribution >= 0.6 is 27.3 Å². The molecule has 0 atom stereocenters. The minimum Gasteiger partial charge on any atom is -0.396 e. The lowest BCUT2D eigenvalue weighted by atomic mass is 10.2. The summed E-state index contributed by atoms with van der Waals surface area (Å²) < 4.78 is 0.966. The van der Waals surface area contributed by atoms with E-state index >= 15 is 0 Å². The summed E-state index contributed by atoms with van der Waals surface area (Å²) in [7, 11) is 0. The summed E-state index contributed by atoms with van der Waals surface area (Å²) in [5.41, 5.74) is 0. The monoisotopic (exact) mass is 291 g/mol. The molecule has 84 valence electrons. The van der Waals surface area contributed by atoms with E-state index < -0.39 is 0 Å². The van der Waals surface area contributed by atoms with Crippen molar-refractivity contribution in [2.45, 2.75) is 19.3 Å². The van der Waals surface area contributed by atoms with Gasteiger partial charge in [0, 0.05) is 13.2 Å². The zero-order valence-electron chi connectivity index (χ0n) is 8.33. The average molecular weight is 292 g/mol. The van der Waals surface area contributed by atoms with E-state index in [4.69, 9.17) is 5.11 Å². The number of nitrogens with one attached hydrogen (secondary N) is 1. The van der Waals surface area contributed by atoms with Crippen LogP contribution in [0.15, 0.2) is 15.9 Å².